The molecule has 0 bridgehead atoms. The minimum atomic E-state index is -3.23. The predicted octanol–water partition coefficient (Wildman–Crippen LogP) is -2.72. The third-order valence-electron chi connectivity index (χ3n) is 2.22. The summed E-state index contributed by atoms with van der Waals surface area (Å²) in [5.74, 6) is -0.336. The molecule has 9 heteroatoms. The van der Waals surface area contributed by atoms with Gasteiger partial charge < -0.3 is 10.4 Å². The minimum absolute atomic E-state index is 0.104. The van der Waals surface area contributed by atoms with Crippen LogP contribution >= 0.6 is 0 Å². The topological polar surface area (TPSA) is 113 Å². The van der Waals surface area contributed by atoms with E-state index in [2.05, 4.69) is 10.0 Å². The maximum absolute atomic E-state index is 11.1. The molecule has 0 saturated carbocycles. The summed E-state index contributed by atoms with van der Waals surface area (Å²) in [6, 6.07) is -0.508. The van der Waals surface area contributed by atoms with Crippen molar-refractivity contribution in [2.45, 2.75) is 12.1 Å². The quantitative estimate of drug-likeness (QED) is 0.469. The lowest BCUT2D eigenvalue weighted by Gasteiger charge is -2.14. The molecule has 96 valence electrons. The van der Waals surface area contributed by atoms with Gasteiger partial charge >= 0.3 is 0 Å². The highest BCUT2D eigenvalue weighted by Crippen LogP contribution is 2.11. The van der Waals surface area contributed by atoms with Crippen molar-refractivity contribution in [1.29, 1.82) is 0 Å². The van der Waals surface area contributed by atoms with Crippen molar-refractivity contribution >= 4 is 19.9 Å². The summed E-state index contributed by atoms with van der Waals surface area (Å²) in [4.78, 5) is 0. The van der Waals surface area contributed by atoms with Crippen molar-refractivity contribution in [2.24, 2.45) is 0 Å². The second-order valence-corrected chi connectivity index (χ2v) is 7.86. The highest BCUT2D eigenvalue weighted by atomic mass is 32.2. The number of nitrogens with one attached hydrogen (secondary N) is 2. The molecule has 1 fully saturated rings. The summed E-state index contributed by atoms with van der Waals surface area (Å²) in [5.41, 5.74) is 0. The van der Waals surface area contributed by atoms with Crippen LogP contribution in [-0.2, 0) is 19.9 Å². The van der Waals surface area contributed by atoms with Crippen molar-refractivity contribution in [1.82, 2.24) is 10.0 Å². The van der Waals surface area contributed by atoms with E-state index in [-0.39, 0.29) is 24.6 Å². The number of hydrogen-bond donors (Lipinski definition) is 3. The van der Waals surface area contributed by atoms with E-state index in [0.717, 1.165) is 6.26 Å². The van der Waals surface area contributed by atoms with Crippen LogP contribution in [0.5, 0.6) is 0 Å². The van der Waals surface area contributed by atoms with Crippen LogP contribution in [0.3, 0.4) is 0 Å². The molecule has 0 amide bonds. The first kappa shape index (κ1) is 13.8. The number of aliphatic hydroxyl groups is 1. The first-order valence-corrected chi connectivity index (χ1v) is 8.47. The van der Waals surface area contributed by atoms with Crippen molar-refractivity contribution < 1.29 is 21.9 Å². The number of hydrogen-bond acceptors (Lipinski definition) is 6. The minimum Gasteiger partial charge on any atom is -0.390 e. The molecule has 0 aromatic rings. The Bertz CT molecular complexity index is 430. The fourth-order valence-corrected chi connectivity index (χ4v) is 3.77. The van der Waals surface area contributed by atoms with E-state index in [4.69, 9.17) is 0 Å². The average Bonchev–Trinajstić information content (AvgIpc) is 2.32. The third kappa shape index (κ3) is 4.74. The maximum atomic E-state index is 11.1. The Labute approximate surface area is 95.2 Å². The second-order valence-electron chi connectivity index (χ2n) is 3.87. The zero-order valence-corrected chi connectivity index (χ0v) is 10.5. The first-order chi connectivity index (χ1) is 7.20. The molecular formula is C7H16N2O5S2. The molecule has 1 aliphatic rings. The Hall–Kier alpha value is -0.220. The number of rotatable bonds is 5. The lowest BCUT2D eigenvalue weighted by atomic mass is 10.2. The molecule has 3 N–H and O–H groups in total. The van der Waals surface area contributed by atoms with Gasteiger partial charge in [0, 0.05) is 19.1 Å². The van der Waals surface area contributed by atoms with Crippen molar-refractivity contribution in [3.63, 3.8) is 0 Å². The molecule has 2 unspecified atom stereocenters. The van der Waals surface area contributed by atoms with Crippen LogP contribution in [0.4, 0.5) is 0 Å². The summed E-state index contributed by atoms with van der Waals surface area (Å²) < 4.78 is 45.9. The summed E-state index contributed by atoms with van der Waals surface area (Å²) in [5, 5.41) is 12.2. The fourth-order valence-electron chi connectivity index (χ4n) is 1.52. The van der Waals surface area contributed by atoms with Gasteiger partial charge in [-0.15, -0.1) is 0 Å². The van der Waals surface area contributed by atoms with E-state index < -0.39 is 32.0 Å². The largest absolute Gasteiger partial charge is 0.390 e. The smallest absolute Gasteiger partial charge is 0.208 e. The van der Waals surface area contributed by atoms with Crippen molar-refractivity contribution in [2.75, 3.05) is 30.9 Å². The molecule has 0 aromatic heterocycles. The van der Waals surface area contributed by atoms with E-state index in [9.17, 15) is 21.9 Å². The highest BCUT2D eigenvalue weighted by molar-refractivity contribution is 7.91. The van der Waals surface area contributed by atoms with Crippen LogP contribution in [0.25, 0.3) is 0 Å². The molecule has 7 nitrogen and oxygen atoms in total. The van der Waals surface area contributed by atoms with Gasteiger partial charge in [-0.25, -0.2) is 21.6 Å². The van der Waals surface area contributed by atoms with Crippen LogP contribution < -0.4 is 10.0 Å². The molecular weight excluding hydrogens is 256 g/mol. The van der Waals surface area contributed by atoms with Crippen molar-refractivity contribution in [3.05, 3.63) is 0 Å². The zero-order valence-electron chi connectivity index (χ0n) is 8.88. The van der Waals surface area contributed by atoms with Crippen LogP contribution in [-0.4, -0.2) is 64.9 Å². The summed E-state index contributed by atoms with van der Waals surface area (Å²) in [7, 11) is -6.39. The molecule has 0 aliphatic carbocycles. The SMILES string of the molecule is CS(=O)(=O)NCCNC1CS(=O)(=O)CC1O. The van der Waals surface area contributed by atoms with Gasteiger partial charge in [-0.2, -0.15) is 0 Å². The molecule has 0 spiro atoms. The molecule has 16 heavy (non-hydrogen) atoms. The summed E-state index contributed by atoms with van der Waals surface area (Å²) >= 11 is 0. The number of sulfonamides is 1. The number of aliphatic hydroxyl groups excluding tert-OH is 1. The van der Waals surface area contributed by atoms with E-state index in [0.29, 0.717) is 0 Å². The zero-order chi connectivity index (χ0) is 12.4. The van der Waals surface area contributed by atoms with Gasteiger partial charge in [0.15, 0.2) is 9.84 Å². The Morgan fingerprint density at radius 1 is 1.31 bits per heavy atom. The Kier molecular flexibility index (Phi) is 4.29. The van der Waals surface area contributed by atoms with E-state index in [1.54, 1.807) is 0 Å². The standard InChI is InChI=1S/C7H16N2O5S2/c1-15(11,12)9-3-2-8-6-4-16(13,14)5-7(6)10/h6-10H,2-5H2,1H3. The van der Waals surface area contributed by atoms with Gasteiger partial charge in [0.1, 0.15) is 0 Å². The number of sulfone groups is 1. The molecule has 1 saturated heterocycles. The summed E-state index contributed by atoms with van der Waals surface area (Å²) in [6.45, 7) is 0.451. The Morgan fingerprint density at radius 2 is 1.94 bits per heavy atom. The van der Waals surface area contributed by atoms with Crippen LogP contribution in [0, 0.1) is 0 Å². The lowest BCUT2D eigenvalue weighted by molar-refractivity contribution is 0.166. The fraction of sp³-hybridized carbons (Fsp3) is 1.00. The van der Waals surface area contributed by atoms with E-state index >= 15 is 0 Å². The molecule has 1 heterocycles. The highest BCUT2D eigenvalue weighted by Gasteiger charge is 2.35. The van der Waals surface area contributed by atoms with Crippen LogP contribution in [0.15, 0.2) is 0 Å². The Balaban J connectivity index is 2.30. The van der Waals surface area contributed by atoms with Crippen molar-refractivity contribution in [3.8, 4) is 0 Å². The van der Waals surface area contributed by atoms with E-state index in [1.165, 1.54) is 0 Å². The average molecular weight is 272 g/mol. The van der Waals surface area contributed by atoms with E-state index in [1.807, 2.05) is 0 Å². The van der Waals surface area contributed by atoms with Gasteiger partial charge in [-0.05, 0) is 0 Å². The summed E-state index contributed by atoms with van der Waals surface area (Å²) in [6.07, 6.45) is 0.130. The van der Waals surface area contributed by atoms with Gasteiger partial charge in [-0.1, -0.05) is 0 Å². The Morgan fingerprint density at radius 3 is 2.38 bits per heavy atom. The lowest BCUT2D eigenvalue weighted by Crippen LogP contribution is -2.42. The first-order valence-electron chi connectivity index (χ1n) is 4.76. The molecule has 2 atom stereocenters. The third-order valence-corrected chi connectivity index (χ3v) is 4.66. The van der Waals surface area contributed by atoms with Gasteiger partial charge in [0.05, 0.1) is 23.9 Å². The van der Waals surface area contributed by atoms with Crippen LogP contribution in [0.1, 0.15) is 0 Å². The molecule has 1 rings (SSSR count). The van der Waals surface area contributed by atoms with Gasteiger partial charge in [-0.3, -0.25) is 0 Å². The molecule has 0 radical (unpaired) electrons. The van der Waals surface area contributed by atoms with Gasteiger partial charge in [0.25, 0.3) is 0 Å². The maximum Gasteiger partial charge on any atom is 0.208 e. The predicted molar refractivity (Wildman–Crippen MR) is 59.3 cm³/mol. The van der Waals surface area contributed by atoms with Gasteiger partial charge in [0.2, 0.25) is 10.0 Å². The monoisotopic (exact) mass is 272 g/mol. The molecule has 1 aliphatic heterocycles. The molecule has 0 aromatic carbocycles. The second kappa shape index (κ2) is 4.96. The normalized spacial score (nSPS) is 29.4. The van der Waals surface area contributed by atoms with Crippen LogP contribution in [0.2, 0.25) is 0 Å².